The predicted octanol–water partition coefficient (Wildman–Crippen LogP) is 3.70. The van der Waals surface area contributed by atoms with Crippen molar-refractivity contribution in [2.45, 2.75) is 81.6 Å². The molecule has 1 aliphatic rings. The highest BCUT2D eigenvalue weighted by Gasteiger charge is 2.37. The number of aromatic hydroxyl groups is 2. The number of hydrogen-bond donors (Lipinski definition) is 7. The van der Waals surface area contributed by atoms with Crippen LogP contribution in [0.25, 0.3) is 22.3 Å². The molecular weight excluding hydrogens is 812 g/mol. The van der Waals surface area contributed by atoms with Crippen LogP contribution in [0.4, 0.5) is 0 Å². The van der Waals surface area contributed by atoms with Crippen LogP contribution in [0.15, 0.2) is 89.8 Å². The van der Waals surface area contributed by atoms with Crippen LogP contribution in [0.2, 0.25) is 5.02 Å². The molecule has 0 saturated heterocycles. The van der Waals surface area contributed by atoms with Crippen molar-refractivity contribution >= 4 is 51.0 Å². The average Bonchev–Trinajstić information content (AvgIpc) is 3.21. The van der Waals surface area contributed by atoms with Crippen molar-refractivity contribution in [2.75, 3.05) is 13.6 Å². The molecule has 0 fully saturated rings. The minimum atomic E-state index is -4.32. The van der Waals surface area contributed by atoms with E-state index in [1.807, 2.05) is 0 Å². The van der Waals surface area contributed by atoms with Gasteiger partial charge in [-0.2, -0.15) is 4.72 Å². The standard InChI is InChI=1S/C43H49ClN6O9S/c1-24(26(3)51)46-41(55)36-22-27-8-18-37(52)33(21-27)34-23-30(13-19-38(34)53)39(42(56)47-25(2)40(54)48-36)50(4)43(57)35(7-5-6-20-45)49-60(58,59)32-16-11-29(12-17-32)28-9-14-31(44)15-10-28/h8-19,21,23-25,35-36,39,49,52-53H,5-7,20,22,45H2,1-4H3,(H,46,55)(H,47,56)(H,48,54)/t24-,25-,35-,36-,39-/m0/s1. The van der Waals surface area contributed by atoms with E-state index >= 15 is 0 Å². The van der Waals surface area contributed by atoms with Crippen molar-refractivity contribution in [3.8, 4) is 33.8 Å². The van der Waals surface area contributed by atoms with Gasteiger partial charge in [0.1, 0.15) is 35.7 Å². The molecule has 4 amide bonds. The molecule has 8 N–H and O–H groups in total. The number of hydrogen-bond acceptors (Lipinski definition) is 10. The fourth-order valence-electron chi connectivity index (χ4n) is 6.75. The number of phenolic OH excluding ortho intramolecular Hbond substituents is 2. The van der Waals surface area contributed by atoms with Crippen LogP contribution >= 0.6 is 11.6 Å². The molecule has 0 radical (unpaired) electrons. The zero-order valence-corrected chi connectivity index (χ0v) is 35.1. The van der Waals surface area contributed by atoms with Gasteiger partial charge in [-0.3, -0.25) is 24.0 Å². The summed E-state index contributed by atoms with van der Waals surface area (Å²) in [6, 6.07) is 15.3. The van der Waals surface area contributed by atoms with E-state index in [4.69, 9.17) is 17.3 Å². The van der Waals surface area contributed by atoms with Crippen LogP contribution in [-0.2, 0) is 40.4 Å². The predicted molar refractivity (Wildman–Crippen MR) is 226 cm³/mol. The SMILES string of the molecule is CC(=O)[C@H](C)NC(=O)[C@@H]1Cc2ccc(O)c(c2)-c2cc(ccc2O)[C@H](N(C)C(=O)[C@H](CCCCN)NS(=O)(=O)c2ccc(-c3ccc(Cl)cc3)cc2)C(=O)N[C@@H](C)C(=O)N1. The lowest BCUT2D eigenvalue weighted by Gasteiger charge is -2.32. The van der Waals surface area contributed by atoms with Gasteiger partial charge in [0.05, 0.1) is 10.9 Å². The van der Waals surface area contributed by atoms with Gasteiger partial charge in [-0.25, -0.2) is 8.42 Å². The Labute approximate surface area is 353 Å². The molecule has 5 atom stereocenters. The summed E-state index contributed by atoms with van der Waals surface area (Å²) in [5.74, 6) is -3.95. The van der Waals surface area contributed by atoms with Gasteiger partial charge in [-0.1, -0.05) is 54.4 Å². The van der Waals surface area contributed by atoms with Crippen LogP contribution in [0.5, 0.6) is 11.5 Å². The van der Waals surface area contributed by atoms with Gasteiger partial charge in [-0.05, 0) is 111 Å². The summed E-state index contributed by atoms with van der Waals surface area (Å²) in [6.07, 6.45) is 0.747. The van der Waals surface area contributed by atoms with Crippen molar-refractivity contribution in [1.82, 2.24) is 25.6 Å². The second-order valence-electron chi connectivity index (χ2n) is 14.8. The van der Waals surface area contributed by atoms with E-state index in [0.717, 1.165) is 16.0 Å². The molecule has 1 aliphatic heterocycles. The molecule has 0 aromatic heterocycles. The highest BCUT2D eigenvalue weighted by molar-refractivity contribution is 7.89. The van der Waals surface area contributed by atoms with Crippen LogP contribution in [0.3, 0.4) is 0 Å². The molecule has 1 heterocycles. The van der Waals surface area contributed by atoms with Gasteiger partial charge in [0.2, 0.25) is 33.7 Å². The number of nitrogens with zero attached hydrogens (tertiary/aromatic N) is 1. The first kappa shape index (κ1) is 45.3. The fraction of sp³-hybridized carbons (Fsp3) is 0.326. The van der Waals surface area contributed by atoms with Crippen LogP contribution < -0.4 is 26.4 Å². The van der Waals surface area contributed by atoms with E-state index in [1.165, 1.54) is 76.3 Å². The third kappa shape index (κ3) is 10.9. The number of nitrogens with one attached hydrogen (secondary N) is 4. The van der Waals surface area contributed by atoms with Crippen molar-refractivity contribution in [2.24, 2.45) is 5.73 Å². The summed E-state index contributed by atoms with van der Waals surface area (Å²) in [6.45, 7) is 4.46. The van der Waals surface area contributed by atoms with Gasteiger partial charge in [-0.15, -0.1) is 0 Å². The van der Waals surface area contributed by atoms with E-state index in [2.05, 4.69) is 20.7 Å². The van der Waals surface area contributed by atoms with E-state index < -0.39 is 63.9 Å². The third-order valence-electron chi connectivity index (χ3n) is 10.3. The minimum absolute atomic E-state index is 0.0167. The van der Waals surface area contributed by atoms with Gasteiger partial charge >= 0.3 is 0 Å². The van der Waals surface area contributed by atoms with Gasteiger partial charge < -0.3 is 36.8 Å². The van der Waals surface area contributed by atoms with Crippen LogP contribution in [0.1, 0.15) is 57.2 Å². The van der Waals surface area contributed by atoms with Crippen molar-refractivity contribution in [3.05, 3.63) is 101 Å². The second kappa shape index (κ2) is 19.5. The van der Waals surface area contributed by atoms with Crippen LogP contribution in [0, 0.1) is 0 Å². The normalized spacial score (nSPS) is 17.9. The Morgan fingerprint density at radius 3 is 2.10 bits per heavy atom. The van der Waals surface area contributed by atoms with Gasteiger partial charge in [0, 0.05) is 29.6 Å². The number of Topliss-reactive ketones (excluding diaryl/α,β-unsaturated/α-hetero) is 1. The number of amides is 4. The number of likely N-dealkylation sites (N-methyl/N-ethyl adjacent to an activating group) is 1. The largest absolute Gasteiger partial charge is 0.507 e. The number of carbonyl (C=O) groups excluding carboxylic acids is 5. The van der Waals surface area contributed by atoms with Gasteiger partial charge in [0.25, 0.3) is 0 Å². The number of halogens is 1. The Morgan fingerprint density at radius 2 is 1.48 bits per heavy atom. The monoisotopic (exact) mass is 860 g/mol. The number of nitrogens with two attached hydrogens (primary N) is 1. The maximum absolute atomic E-state index is 14.5. The number of phenols is 2. The Bertz CT molecular complexity index is 2360. The summed E-state index contributed by atoms with van der Waals surface area (Å²) in [5.41, 5.74) is 8.10. The maximum Gasteiger partial charge on any atom is 0.248 e. The number of benzene rings is 4. The third-order valence-corrected chi connectivity index (χ3v) is 12.1. The molecule has 0 saturated carbocycles. The molecule has 318 valence electrons. The molecule has 4 bridgehead atoms. The lowest BCUT2D eigenvalue weighted by Crippen LogP contribution is -2.56. The molecule has 0 unspecified atom stereocenters. The molecule has 0 spiro atoms. The molecule has 4 aromatic carbocycles. The first-order valence-electron chi connectivity index (χ1n) is 19.3. The molecule has 17 heteroatoms. The second-order valence-corrected chi connectivity index (χ2v) is 17.0. The van der Waals surface area contributed by atoms with Crippen molar-refractivity contribution in [1.29, 1.82) is 0 Å². The first-order chi connectivity index (χ1) is 28.4. The number of fused-ring (bicyclic) bond motifs is 5. The Balaban J connectivity index is 1.52. The summed E-state index contributed by atoms with van der Waals surface area (Å²) in [4.78, 5) is 68.8. The van der Waals surface area contributed by atoms with Crippen LogP contribution in [-0.4, -0.2) is 90.7 Å². The maximum atomic E-state index is 14.5. The number of carbonyl (C=O) groups is 5. The number of unbranched alkanes of at least 4 members (excludes halogenated alkanes) is 1. The quantitative estimate of drug-likeness (QED) is 0.0963. The highest BCUT2D eigenvalue weighted by atomic mass is 35.5. The molecule has 60 heavy (non-hydrogen) atoms. The number of sulfonamides is 1. The summed E-state index contributed by atoms with van der Waals surface area (Å²) in [7, 11) is -3.00. The summed E-state index contributed by atoms with van der Waals surface area (Å²) >= 11 is 6.02. The first-order valence-corrected chi connectivity index (χ1v) is 21.2. The van der Waals surface area contributed by atoms with E-state index in [-0.39, 0.29) is 58.3 Å². The van der Waals surface area contributed by atoms with Crippen molar-refractivity contribution < 1.29 is 42.6 Å². The smallest absolute Gasteiger partial charge is 0.248 e. The molecular formula is C43H49ClN6O9S. The average molecular weight is 861 g/mol. The van der Waals surface area contributed by atoms with Crippen molar-refractivity contribution in [3.63, 3.8) is 0 Å². The lowest BCUT2D eigenvalue weighted by molar-refractivity contribution is -0.141. The topological polar surface area (TPSA) is 237 Å². The van der Waals surface area contributed by atoms with E-state index in [0.29, 0.717) is 23.4 Å². The zero-order valence-electron chi connectivity index (χ0n) is 33.6. The Hall–Kier alpha value is -5.81. The molecule has 5 rings (SSSR count). The van der Waals surface area contributed by atoms with E-state index in [9.17, 15) is 42.6 Å². The lowest BCUT2D eigenvalue weighted by atomic mass is 9.93. The summed E-state index contributed by atoms with van der Waals surface area (Å²) in [5, 5.41) is 30.5. The Kier molecular flexibility index (Phi) is 14.7. The number of ketones is 1. The zero-order chi connectivity index (χ0) is 43.9. The fourth-order valence-corrected chi connectivity index (χ4v) is 8.10. The minimum Gasteiger partial charge on any atom is -0.507 e. The highest BCUT2D eigenvalue weighted by Crippen LogP contribution is 2.39. The van der Waals surface area contributed by atoms with Gasteiger partial charge in [0.15, 0.2) is 5.78 Å². The molecule has 0 aliphatic carbocycles. The molecule has 15 nitrogen and oxygen atoms in total. The van der Waals surface area contributed by atoms with E-state index in [1.54, 1.807) is 36.4 Å². The Morgan fingerprint density at radius 1 is 0.883 bits per heavy atom. The number of rotatable bonds is 13. The molecule has 4 aromatic rings. The summed E-state index contributed by atoms with van der Waals surface area (Å²) < 4.78 is 30.2.